The molecule has 3 aromatic rings. The number of rotatable bonds is 2. The minimum absolute atomic E-state index is 0.0848. The number of fused-ring (bicyclic) bond motifs is 2. The third-order valence-electron chi connectivity index (χ3n) is 3.84. The first-order valence-corrected chi connectivity index (χ1v) is 7.36. The van der Waals surface area contributed by atoms with E-state index in [4.69, 9.17) is 13.9 Å². The van der Waals surface area contributed by atoms with Gasteiger partial charge in [0, 0.05) is 0 Å². The lowest BCUT2D eigenvalue weighted by Crippen LogP contribution is -2.15. The van der Waals surface area contributed by atoms with Crippen molar-refractivity contribution < 1.29 is 13.9 Å². The highest BCUT2D eigenvalue weighted by atomic mass is 16.6. The predicted molar refractivity (Wildman–Crippen MR) is 89.0 cm³/mol. The van der Waals surface area contributed by atoms with Gasteiger partial charge >= 0.3 is 0 Å². The first-order chi connectivity index (χ1) is 11.3. The summed E-state index contributed by atoms with van der Waals surface area (Å²) in [6, 6.07) is 12.6. The average molecular weight is 306 g/mol. The molecule has 0 saturated carbocycles. The van der Waals surface area contributed by atoms with Gasteiger partial charge in [0.05, 0.1) is 10.9 Å². The van der Waals surface area contributed by atoms with Crippen LogP contribution in [0.25, 0.3) is 28.2 Å². The summed E-state index contributed by atoms with van der Waals surface area (Å²) >= 11 is 0. The van der Waals surface area contributed by atoms with Crippen molar-refractivity contribution in [3.8, 4) is 22.6 Å². The van der Waals surface area contributed by atoms with Gasteiger partial charge in [-0.1, -0.05) is 24.8 Å². The zero-order valence-corrected chi connectivity index (χ0v) is 12.4. The van der Waals surface area contributed by atoms with Crippen LogP contribution in [0, 0.1) is 0 Å². The van der Waals surface area contributed by atoms with Crippen LogP contribution in [0.15, 0.2) is 58.3 Å². The minimum atomic E-state index is -0.0848. The molecule has 0 amide bonds. The van der Waals surface area contributed by atoms with Gasteiger partial charge in [-0.15, -0.1) is 0 Å². The summed E-state index contributed by atoms with van der Waals surface area (Å²) in [5.74, 6) is 1.77. The summed E-state index contributed by atoms with van der Waals surface area (Å²) in [5, 5.41) is 0.544. The number of para-hydroxylation sites is 1. The summed E-state index contributed by atoms with van der Waals surface area (Å²) in [6.07, 6.45) is 1.56. The molecule has 0 radical (unpaired) electrons. The molecule has 0 atom stereocenters. The van der Waals surface area contributed by atoms with Gasteiger partial charge in [0.15, 0.2) is 11.5 Å². The molecule has 0 fully saturated rings. The Morgan fingerprint density at radius 3 is 2.61 bits per heavy atom. The van der Waals surface area contributed by atoms with E-state index in [-0.39, 0.29) is 5.43 Å². The highest BCUT2D eigenvalue weighted by Crippen LogP contribution is 2.35. The van der Waals surface area contributed by atoms with Crippen LogP contribution in [0.3, 0.4) is 0 Å². The highest BCUT2D eigenvalue weighted by molar-refractivity contribution is 5.85. The standard InChI is InChI=1S/C19H14O4/c1-2-14-18(19(20)13-5-3-4-6-15(13)23-14)12-7-8-16-17(11-12)22-10-9-21-16/h2-8,11H,1,9-10H2. The lowest BCUT2D eigenvalue weighted by Gasteiger charge is -2.19. The van der Waals surface area contributed by atoms with Gasteiger partial charge in [-0.2, -0.15) is 0 Å². The van der Waals surface area contributed by atoms with Gasteiger partial charge in [-0.25, -0.2) is 0 Å². The molecule has 4 rings (SSSR count). The van der Waals surface area contributed by atoms with Crippen molar-refractivity contribution in [3.63, 3.8) is 0 Å². The lowest BCUT2D eigenvalue weighted by atomic mass is 10.0. The van der Waals surface area contributed by atoms with E-state index < -0.39 is 0 Å². The summed E-state index contributed by atoms with van der Waals surface area (Å²) in [7, 11) is 0. The molecule has 2 heterocycles. The molecule has 0 saturated heterocycles. The Balaban J connectivity index is 1.99. The van der Waals surface area contributed by atoms with Crippen molar-refractivity contribution >= 4 is 17.0 Å². The summed E-state index contributed by atoms with van der Waals surface area (Å²) in [5.41, 5.74) is 1.67. The lowest BCUT2D eigenvalue weighted by molar-refractivity contribution is 0.171. The summed E-state index contributed by atoms with van der Waals surface area (Å²) < 4.78 is 17.0. The molecule has 0 unspecified atom stereocenters. The average Bonchev–Trinajstić information content (AvgIpc) is 2.61. The Bertz CT molecular complexity index is 969. The highest BCUT2D eigenvalue weighted by Gasteiger charge is 2.18. The van der Waals surface area contributed by atoms with Gasteiger partial charge in [-0.05, 0) is 35.9 Å². The molecule has 0 bridgehead atoms. The number of hydrogen-bond donors (Lipinski definition) is 0. The molecule has 4 nitrogen and oxygen atoms in total. The van der Waals surface area contributed by atoms with Crippen LogP contribution in [0.5, 0.6) is 11.5 Å². The predicted octanol–water partition coefficient (Wildman–Crippen LogP) is 3.87. The van der Waals surface area contributed by atoms with Crippen molar-refractivity contribution in [2.75, 3.05) is 13.2 Å². The van der Waals surface area contributed by atoms with Gasteiger partial charge in [0.2, 0.25) is 5.43 Å². The Morgan fingerprint density at radius 1 is 1.00 bits per heavy atom. The molecular formula is C19H14O4. The quantitative estimate of drug-likeness (QED) is 0.721. The summed E-state index contributed by atoms with van der Waals surface area (Å²) in [4.78, 5) is 12.9. The normalized spacial score (nSPS) is 13.0. The topological polar surface area (TPSA) is 48.7 Å². The fourth-order valence-corrected chi connectivity index (χ4v) is 2.78. The second-order valence-corrected chi connectivity index (χ2v) is 5.23. The van der Waals surface area contributed by atoms with Gasteiger partial charge < -0.3 is 13.9 Å². The van der Waals surface area contributed by atoms with Gasteiger partial charge in [0.25, 0.3) is 0 Å². The van der Waals surface area contributed by atoms with E-state index >= 15 is 0 Å². The van der Waals surface area contributed by atoms with Gasteiger partial charge in [-0.3, -0.25) is 4.79 Å². The number of hydrogen-bond acceptors (Lipinski definition) is 4. The van der Waals surface area contributed by atoms with E-state index in [2.05, 4.69) is 6.58 Å². The maximum absolute atomic E-state index is 12.9. The van der Waals surface area contributed by atoms with Crippen LogP contribution in [0.1, 0.15) is 5.76 Å². The van der Waals surface area contributed by atoms with Gasteiger partial charge in [0.1, 0.15) is 24.6 Å². The molecule has 2 aromatic carbocycles. The molecule has 1 aliphatic heterocycles. The van der Waals surface area contributed by atoms with E-state index in [0.29, 0.717) is 47.0 Å². The molecule has 1 aromatic heterocycles. The minimum Gasteiger partial charge on any atom is -0.486 e. The maximum atomic E-state index is 12.9. The largest absolute Gasteiger partial charge is 0.486 e. The number of ether oxygens (including phenoxy) is 2. The van der Waals surface area contributed by atoms with Crippen molar-refractivity contribution in [1.82, 2.24) is 0 Å². The zero-order chi connectivity index (χ0) is 15.8. The fraction of sp³-hybridized carbons (Fsp3) is 0.105. The Kier molecular flexibility index (Phi) is 3.15. The van der Waals surface area contributed by atoms with Crippen LogP contribution in [-0.4, -0.2) is 13.2 Å². The molecule has 0 spiro atoms. The van der Waals surface area contributed by atoms with E-state index in [1.54, 1.807) is 18.2 Å². The maximum Gasteiger partial charge on any atom is 0.201 e. The third-order valence-corrected chi connectivity index (χ3v) is 3.84. The molecule has 0 N–H and O–H groups in total. The smallest absolute Gasteiger partial charge is 0.201 e. The Labute approximate surface area is 132 Å². The molecule has 4 heteroatoms. The van der Waals surface area contributed by atoms with Crippen molar-refractivity contribution in [2.45, 2.75) is 0 Å². The van der Waals surface area contributed by atoms with Crippen LogP contribution in [-0.2, 0) is 0 Å². The van der Waals surface area contributed by atoms with Crippen molar-refractivity contribution in [3.05, 3.63) is 65.0 Å². The van der Waals surface area contributed by atoms with Crippen molar-refractivity contribution in [2.24, 2.45) is 0 Å². The Hall–Kier alpha value is -3.01. The van der Waals surface area contributed by atoms with E-state index in [0.717, 1.165) is 5.56 Å². The first-order valence-electron chi connectivity index (χ1n) is 7.36. The Morgan fingerprint density at radius 2 is 1.78 bits per heavy atom. The second kappa shape index (κ2) is 5.32. The molecule has 114 valence electrons. The molecule has 0 aliphatic carbocycles. The molecular weight excluding hydrogens is 292 g/mol. The molecule has 1 aliphatic rings. The fourth-order valence-electron chi connectivity index (χ4n) is 2.78. The van der Waals surface area contributed by atoms with E-state index in [9.17, 15) is 4.79 Å². The van der Waals surface area contributed by atoms with Crippen LogP contribution in [0.2, 0.25) is 0 Å². The van der Waals surface area contributed by atoms with Crippen LogP contribution in [0.4, 0.5) is 0 Å². The van der Waals surface area contributed by atoms with Crippen molar-refractivity contribution in [1.29, 1.82) is 0 Å². The van der Waals surface area contributed by atoms with E-state index in [1.807, 2.05) is 30.3 Å². The molecule has 23 heavy (non-hydrogen) atoms. The zero-order valence-electron chi connectivity index (χ0n) is 12.4. The first kappa shape index (κ1) is 13.6. The van der Waals surface area contributed by atoms with Crippen LogP contribution >= 0.6 is 0 Å². The van der Waals surface area contributed by atoms with Crippen LogP contribution < -0.4 is 14.9 Å². The number of benzene rings is 2. The summed E-state index contributed by atoms with van der Waals surface area (Å²) in [6.45, 7) is 4.79. The van der Waals surface area contributed by atoms with E-state index in [1.165, 1.54) is 0 Å². The SMILES string of the molecule is C=Cc1oc2ccccc2c(=O)c1-c1ccc2c(c1)OCCO2. The second-order valence-electron chi connectivity index (χ2n) is 5.23. The third kappa shape index (κ3) is 2.19. The monoisotopic (exact) mass is 306 g/mol.